The number of hydrogen-bond acceptors (Lipinski definition) is 2. The summed E-state index contributed by atoms with van der Waals surface area (Å²) in [7, 11) is 2.15. The molecule has 0 spiro atoms. The van der Waals surface area contributed by atoms with Crippen molar-refractivity contribution >= 4 is 27.3 Å². The van der Waals surface area contributed by atoms with E-state index in [1.54, 1.807) is 0 Å². The van der Waals surface area contributed by atoms with Crippen molar-refractivity contribution in [3.05, 3.63) is 22.7 Å². The zero-order valence-electron chi connectivity index (χ0n) is 8.55. The van der Waals surface area contributed by atoms with Gasteiger partial charge < -0.3 is 10.2 Å². The molecule has 0 fully saturated rings. The molecular weight excluding hydrogens is 240 g/mol. The molecule has 1 N–H and O–H groups in total. The van der Waals surface area contributed by atoms with Crippen LogP contribution in [0.4, 0.5) is 11.4 Å². The topological polar surface area (TPSA) is 15.3 Å². The molecule has 1 unspecified atom stereocenters. The Labute approximate surface area is 93.4 Å². The van der Waals surface area contributed by atoms with E-state index in [0.717, 1.165) is 17.6 Å². The summed E-state index contributed by atoms with van der Waals surface area (Å²) < 4.78 is 1.14. The lowest BCUT2D eigenvalue weighted by atomic mass is 10.2. The van der Waals surface area contributed by atoms with Crippen LogP contribution < -0.4 is 10.2 Å². The highest BCUT2D eigenvalue weighted by Gasteiger charge is 2.15. The standard InChI is InChI=1S/C11H15BrN2/c1-8-6-13-10-4-3-9(12)5-11(10)14(2)7-8/h3-5,8,13H,6-7H2,1-2H3. The fraction of sp³-hybridized carbons (Fsp3) is 0.455. The van der Waals surface area contributed by atoms with Crippen LogP contribution in [0.1, 0.15) is 6.92 Å². The van der Waals surface area contributed by atoms with Crippen molar-refractivity contribution in [1.82, 2.24) is 0 Å². The van der Waals surface area contributed by atoms with E-state index in [4.69, 9.17) is 0 Å². The Morgan fingerprint density at radius 2 is 2.29 bits per heavy atom. The van der Waals surface area contributed by atoms with E-state index in [-0.39, 0.29) is 0 Å². The number of nitrogens with one attached hydrogen (secondary N) is 1. The third kappa shape index (κ3) is 1.87. The normalized spacial score (nSPS) is 21.1. The van der Waals surface area contributed by atoms with Crippen LogP contribution in [0.15, 0.2) is 22.7 Å². The average molecular weight is 255 g/mol. The minimum Gasteiger partial charge on any atom is -0.383 e. The Morgan fingerprint density at radius 3 is 3.07 bits per heavy atom. The molecule has 0 bridgehead atoms. The number of benzene rings is 1. The molecule has 0 amide bonds. The first-order chi connectivity index (χ1) is 6.66. The van der Waals surface area contributed by atoms with Crippen molar-refractivity contribution in [1.29, 1.82) is 0 Å². The summed E-state index contributed by atoms with van der Waals surface area (Å²) in [4.78, 5) is 2.31. The lowest BCUT2D eigenvalue weighted by molar-refractivity contribution is 0.618. The highest BCUT2D eigenvalue weighted by atomic mass is 79.9. The molecule has 76 valence electrons. The molecule has 1 aliphatic rings. The van der Waals surface area contributed by atoms with Gasteiger partial charge in [0, 0.05) is 24.6 Å². The fourth-order valence-corrected chi connectivity index (χ4v) is 2.23. The maximum atomic E-state index is 3.50. The molecular formula is C11H15BrN2. The van der Waals surface area contributed by atoms with Crippen LogP contribution in [0.25, 0.3) is 0 Å². The zero-order valence-corrected chi connectivity index (χ0v) is 10.1. The van der Waals surface area contributed by atoms with Gasteiger partial charge in [-0.05, 0) is 24.1 Å². The van der Waals surface area contributed by atoms with Gasteiger partial charge in [0.05, 0.1) is 11.4 Å². The summed E-state index contributed by atoms with van der Waals surface area (Å²) in [5, 5.41) is 3.47. The molecule has 0 aromatic heterocycles. The Morgan fingerprint density at radius 1 is 1.50 bits per heavy atom. The van der Waals surface area contributed by atoms with Gasteiger partial charge in [0.25, 0.3) is 0 Å². The molecule has 2 nitrogen and oxygen atoms in total. The predicted molar refractivity (Wildman–Crippen MR) is 65.1 cm³/mol. The smallest absolute Gasteiger partial charge is 0.0610 e. The van der Waals surface area contributed by atoms with Crippen molar-refractivity contribution in [2.45, 2.75) is 6.92 Å². The highest BCUT2D eigenvalue weighted by molar-refractivity contribution is 9.10. The fourth-order valence-electron chi connectivity index (χ4n) is 1.88. The van der Waals surface area contributed by atoms with Gasteiger partial charge in [-0.1, -0.05) is 22.9 Å². The summed E-state index contributed by atoms with van der Waals surface area (Å²) in [6.45, 7) is 4.43. The molecule has 14 heavy (non-hydrogen) atoms. The molecule has 1 aromatic carbocycles. The third-order valence-corrected chi connectivity index (χ3v) is 3.09. The van der Waals surface area contributed by atoms with Crippen molar-refractivity contribution in [2.24, 2.45) is 5.92 Å². The largest absolute Gasteiger partial charge is 0.383 e. The second kappa shape index (κ2) is 3.81. The summed E-state index contributed by atoms with van der Waals surface area (Å²) in [6, 6.07) is 6.38. The van der Waals surface area contributed by atoms with Crippen molar-refractivity contribution in [3.63, 3.8) is 0 Å². The van der Waals surface area contributed by atoms with Gasteiger partial charge in [0.1, 0.15) is 0 Å². The van der Waals surface area contributed by atoms with Crippen molar-refractivity contribution in [3.8, 4) is 0 Å². The summed E-state index contributed by atoms with van der Waals surface area (Å²) in [6.07, 6.45) is 0. The molecule has 1 heterocycles. The van der Waals surface area contributed by atoms with Crippen molar-refractivity contribution in [2.75, 3.05) is 30.4 Å². The predicted octanol–water partition coefficient (Wildman–Crippen LogP) is 2.95. The van der Waals surface area contributed by atoms with Crippen LogP contribution in [-0.2, 0) is 0 Å². The number of fused-ring (bicyclic) bond motifs is 1. The van der Waals surface area contributed by atoms with Gasteiger partial charge >= 0.3 is 0 Å². The van der Waals surface area contributed by atoms with Gasteiger partial charge in [-0.15, -0.1) is 0 Å². The first-order valence-electron chi connectivity index (χ1n) is 4.91. The number of rotatable bonds is 0. The Hall–Kier alpha value is -0.700. The Bertz CT molecular complexity index is 338. The van der Waals surface area contributed by atoms with E-state index in [1.165, 1.54) is 11.4 Å². The molecule has 2 rings (SSSR count). The Kier molecular flexibility index (Phi) is 2.68. The molecule has 0 radical (unpaired) electrons. The highest BCUT2D eigenvalue weighted by Crippen LogP contribution is 2.31. The minimum absolute atomic E-state index is 0.686. The van der Waals surface area contributed by atoms with Crippen LogP contribution in [0.2, 0.25) is 0 Å². The van der Waals surface area contributed by atoms with Crippen LogP contribution in [-0.4, -0.2) is 20.1 Å². The van der Waals surface area contributed by atoms with Gasteiger partial charge in [0.2, 0.25) is 0 Å². The summed E-state index contributed by atoms with van der Waals surface area (Å²) in [5.74, 6) is 0.686. The maximum Gasteiger partial charge on any atom is 0.0610 e. The SMILES string of the molecule is CC1CNc2ccc(Br)cc2N(C)C1. The van der Waals surface area contributed by atoms with Crippen LogP contribution in [0.5, 0.6) is 0 Å². The third-order valence-electron chi connectivity index (χ3n) is 2.60. The van der Waals surface area contributed by atoms with Gasteiger partial charge in [-0.25, -0.2) is 0 Å². The average Bonchev–Trinajstić information content (AvgIpc) is 2.27. The van der Waals surface area contributed by atoms with Gasteiger partial charge in [-0.2, -0.15) is 0 Å². The monoisotopic (exact) mass is 254 g/mol. The number of hydrogen-bond donors (Lipinski definition) is 1. The number of halogens is 1. The molecule has 0 saturated carbocycles. The quantitative estimate of drug-likeness (QED) is 0.766. The number of anilines is 2. The zero-order chi connectivity index (χ0) is 10.1. The first kappa shape index (κ1) is 9.84. The van der Waals surface area contributed by atoms with E-state index in [1.807, 2.05) is 0 Å². The molecule has 0 aliphatic carbocycles. The van der Waals surface area contributed by atoms with E-state index < -0.39 is 0 Å². The second-order valence-electron chi connectivity index (χ2n) is 4.03. The number of nitrogens with zero attached hydrogens (tertiary/aromatic N) is 1. The summed E-state index contributed by atoms with van der Waals surface area (Å²) >= 11 is 3.50. The van der Waals surface area contributed by atoms with Crippen LogP contribution >= 0.6 is 15.9 Å². The van der Waals surface area contributed by atoms with Crippen LogP contribution in [0, 0.1) is 5.92 Å². The van der Waals surface area contributed by atoms with E-state index >= 15 is 0 Å². The maximum absolute atomic E-state index is 3.50. The molecule has 3 heteroatoms. The minimum atomic E-state index is 0.686. The van der Waals surface area contributed by atoms with E-state index in [9.17, 15) is 0 Å². The molecule has 0 saturated heterocycles. The van der Waals surface area contributed by atoms with E-state index in [0.29, 0.717) is 5.92 Å². The molecule has 1 aliphatic heterocycles. The molecule has 1 atom stereocenters. The van der Waals surface area contributed by atoms with Gasteiger partial charge in [0.15, 0.2) is 0 Å². The molecule has 1 aromatic rings. The first-order valence-corrected chi connectivity index (χ1v) is 5.70. The van der Waals surface area contributed by atoms with Gasteiger partial charge in [-0.3, -0.25) is 0 Å². The van der Waals surface area contributed by atoms with Crippen LogP contribution in [0.3, 0.4) is 0 Å². The lowest BCUT2D eigenvalue weighted by Crippen LogP contribution is -2.23. The Balaban J connectivity index is 2.39. The second-order valence-corrected chi connectivity index (χ2v) is 4.94. The van der Waals surface area contributed by atoms with E-state index in [2.05, 4.69) is 58.3 Å². The lowest BCUT2D eigenvalue weighted by Gasteiger charge is -2.20. The summed E-state index contributed by atoms with van der Waals surface area (Å²) in [5.41, 5.74) is 2.52. The van der Waals surface area contributed by atoms with Crippen molar-refractivity contribution < 1.29 is 0 Å².